The van der Waals surface area contributed by atoms with E-state index in [1.54, 1.807) is 0 Å². The van der Waals surface area contributed by atoms with E-state index < -0.39 is 0 Å². The van der Waals surface area contributed by atoms with Gasteiger partial charge in [0.2, 0.25) is 0 Å². The fourth-order valence-corrected chi connectivity index (χ4v) is 4.30. The SMILES string of the molecule is Clc1cc2cnn(-c3cnn(C4CC4)c3)c2cc1N1C[C@H]2C[C@@H](C1)O2. The van der Waals surface area contributed by atoms with Crippen molar-refractivity contribution in [3.05, 3.63) is 35.7 Å². The van der Waals surface area contributed by atoms with Crippen LogP contribution in [0.15, 0.2) is 30.7 Å². The highest BCUT2D eigenvalue weighted by Gasteiger charge is 2.39. The van der Waals surface area contributed by atoms with Crippen LogP contribution in [0.4, 0.5) is 5.69 Å². The first-order chi connectivity index (χ1) is 12.2. The number of morpholine rings is 1. The van der Waals surface area contributed by atoms with E-state index in [-0.39, 0.29) is 0 Å². The molecule has 25 heavy (non-hydrogen) atoms. The van der Waals surface area contributed by atoms with Gasteiger partial charge in [-0.3, -0.25) is 4.68 Å². The highest BCUT2D eigenvalue weighted by atomic mass is 35.5. The van der Waals surface area contributed by atoms with Crippen LogP contribution in [0.3, 0.4) is 0 Å². The van der Waals surface area contributed by atoms with Crippen LogP contribution in [-0.2, 0) is 4.74 Å². The lowest BCUT2D eigenvalue weighted by atomic mass is 9.98. The number of ether oxygens (including phenoxy) is 1. The third kappa shape index (κ3) is 2.20. The normalized spacial score (nSPS) is 25.4. The van der Waals surface area contributed by atoms with Crippen LogP contribution in [-0.4, -0.2) is 44.9 Å². The monoisotopic (exact) mass is 355 g/mol. The molecule has 6 nitrogen and oxygen atoms in total. The first-order valence-electron chi connectivity index (χ1n) is 8.87. The number of halogens is 1. The van der Waals surface area contributed by atoms with Gasteiger partial charge >= 0.3 is 0 Å². The number of fused-ring (bicyclic) bond motifs is 3. The van der Waals surface area contributed by atoms with Crippen molar-refractivity contribution in [3.63, 3.8) is 0 Å². The van der Waals surface area contributed by atoms with E-state index in [2.05, 4.69) is 32.0 Å². The summed E-state index contributed by atoms with van der Waals surface area (Å²) in [5.41, 5.74) is 3.14. The zero-order chi connectivity index (χ0) is 16.5. The van der Waals surface area contributed by atoms with Gasteiger partial charge in [-0.2, -0.15) is 10.2 Å². The van der Waals surface area contributed by atoms with Gasteiger partial charge in [-0.15, -0.1) is 0 Å². The number of nitrogens with zero attached hydrogens (tertiary/aromatic N) is 5. The average Bonchev–Trinajstić information content (AvgIpc) is 3.19. The van der Waals surface area contributed by atoms with Crippen LogP contribution in [0.2, 0.25) is 5.02 Å². The first-order valence-corrected chi connectivity index (χ1v) is 9.24. The van der Waals surface area contributed by atoms with E-state index >= 15 is 0 Å². The molecule has 2 bridgehead atoms. The molecule has 3 saturated heterocycles. The second kappa shape index (κ2) is 4.99. The predicted octanol–water partition coefficient (Wildman–Crippen LogP) is 3.19. The van der Waals surface area contributed by atoms with Crippen molar-refractivity contribution in [3.8, 4) is 5.69 Å². The molecule has 0 radical (unpaired) electrons. The summed E-state index contributed by atoms with van der Waals surface area (Å²) < 4.78 is 9.76. The van der Waals surface area contributed by atoms with E-state index in [9.17, 15) is 0 Å². The third-order valence-electron chi connectivity index (χ3n) is 5.49. The molecule has 1 aromatic carbocycles. The van der Waals surface area contributed by atoms with Crippen molar-refractivity contribution in [2.24, 2.45) is 0 Å². The lowest BCUT2D eigenvalue weighted by Gasteiger charge is -2.48. The Morgan fingerprint density at radius 3 is 2.64 bits per heavy atom. The molecule has 4 fully saturated rings. The summed E-state index contributed by atoms with van der Waals surface area (Å²) in [6, 6.07) is 4.74. The minimum absolute atomic E-state index is 0.354. The number of benzene rings is 1. The molecule has 3 aromatic rings. The van der Waals surface area contributed by atoms with Gasteiger partial charge in [-0.05, 0) is 25.0 Å². The maximum atomic E-state index is 6.57. The summed E-state index contributed by atoms with van der Waals surface area (Å²) in [4.78, 5) is 2.34. The average molecular weight is 356 g/mol. The number of hydrogen-bond donors (Lipinski definition) is 0. The molecule has 0 amide bonds. The largest absolute Gasteiger partial charge is 0.371 e. The predicted molar refractivity (Wildman–Crippen MR) is 95.6 cm³/mol. The van der Waals surface area contributed by atoms with E-state index in [0.717, 1.165) is 40.4 Å². The second-order valence-electron chi connectivity index (χ2n) is 7.35. The summed E-state index contributed by atoms with van der Waals surface area (Å²) >= 11 is 6.57. The molecule has 0 N–H and O–H groups in total. The van der Waals surface area contributed by atoms with Gasteiger partial charge < -0.3 is 9.64 Å². The van der Waals surface area contributed by atoms with Crippen LogP contribution >= 0.6 is 11.6 Å². The minimum Gasteiger partial charge on any atom is -0.371 e. The summed E-state index contributed by atoms with van der Waals surface area (Å²) in [7, 11) is 0. The Hall–Kier alpha value is -2.05. The summed E-state index contributed by atoms with van der Waals surface area (Å²) in [6.45, 7) is 1.82. The Morgan fingerprint density at radius 1 is 1.08 bits per heavy atom. The van der Waals surface area contributed by atoms with Crippen LogP contribution in [0.1, 0.15) is 25.3 Å². The third-order valence-corrected chi connectivity index (χ3v) is 5.79. The Balaban J connectivity index is 1.43. The minimum atomic E-state index is 0.354. The topological polar surface area (TPSA) is 48.1 Å². The van der Waals surface area contributed by atoms with E-state index in [1.165, 1.54) is 19.3 Å². The van der Waals surface area contributed by atoms with Crippen LogP contribution in [0.25, 0.3) is 16.6 Å². The van der Waals surface area contributed by atoms with Crippen LogP contribution < -0.4 is 4.90 Å². The molecule has 7 heteroatoms. The fraction of sp³-hybridized carbons (Fsp3) is 0.444. The Morgan fingerprint density at radius 2 is 1.88 bits per heavy atom. The standard InChI is InChI=1S/C18H18ClN5O/c19-16-3-11-6-21-24(13-7-20-23(8-13)12-1-2-12)17(11)5-18(16)22-9-14-4-15(10-22)25-14/h3,5-8,12,14-15H,1-2,4,9-10H2/t14-,15+. The Labute approximate surface area is 149 Å². The van der Waals surface area contributed by atoms with Gasteiger partial charge in [0.15, 0.2) is 0 Å². The van der Waals surface area contributed by atoms with E-state index in [4.69, 9.17) is 16.3 Å². The van der Waals surface area contributed by atoms with Crippen molar-refractivity contribution in [2.45, 2.75) is 37.5 Å². The van der Waals surface area contributed by atoms with Gasteiger partial charge in [-0.25, -0.2) is 4.68 Å². The number of aromatic nitrogens is 4. The van der Waals surface area contributed by atoms with Gasteiger partial charge in [-0.1, -0.05) is 11.6 Å². The molecule has 0 spiro atoms. The summed E-state index contributed by atoms with van der Waals surface area (Å²) in [5, 5.41) is 10.9. The fourth-order valence-electron chi connectivity index (χ4n) is 4.01. The molecule has 3 aliphatic heterocycles. The quantitative estimate of drug-likeness (QED) is 0.724. The van der Waals surface area contributed by atoms with Gasteiger partial charge in [0.1, 0.15) is 5.69 Å². The lowest BCUT2D eigenvalue weighted by Crippen LogP contribution is -2.57. The Kier molecular flexibility index (Phi) is 2.82. The van der Waals surface area contributed by atoms with Crippen LogP contribution in [0.5, 0.6) is 0 Å². The highest BCUT2D eigenvalue weighted by Crippen LogP contribution is 2.38. The van der Waals surface area contributed by atoms with Gasteiger partial charge in [0.25, 0.3) is 0 Å². The van der Waals surface area contributed by atoms with Crippen molar-refractivity contribution in [2.75, 3.05) is 18.0 Å². The first kappa shape index (κ1) is 14.2. The van der Waals surface area contributed by atoms with E-state index in [0.29, 0.717) is 18.2 Å². The number of rotatable bonds is 3. The Bertz CT molecular complexity index is 959. The number of anilines is 1. The molecular formula is C18H18ClN5O. The van der Waals surface area contributed by atoms with E-state index in [1.807, 2.05) is 23.1 Å². The molecule has 4 aliphatic rings. The molecule has 128 valence electrons. The number of piperidine rings is 1. The molecule has 0 unspecified atom stereocenters. The molecule has 5 heterocycles. The van der Waals surface area contributed by atoms with Gasteiger partial charge in [0, 0.05) is 24.9 Å². The summed E-state index contributed by atoms with van der Waals surface area (Å²) in [5.74, 6) is 0. The molecule has 2 atom stereocenters. The van der Waals surface area contributed by atoms with Crippen LogP contribution in [0, 0.1) is 0 Å². The maximum absolute atomic E-state index is 6.57. The van der Waals surface area contributed by atoms with Crippen molar-refractivity contribution < 1.29 is 4.74 Å². The molecule has 1 aliphatic carbocycles. The zero-order valence-electron chi connectivity index (χ0n) is 13.7. The second-order valence-corrected chi connectivity index (χ2v) is 7.76. The molecule has 2 aromatic heterocycles. The molecule has 1 saturated carbocycles. The maximum Gasteiger partial charge on any atom is 0.103 e. The zero-order valence-corrected chi connectivity index (χ0v) is 14.4. The van der Waals surface area contributed by atoms with Crippen molar-refractivity contribution in [1.29, 1.82) is 0 Å². The molecular weight excluding hydrogens is 338 g/mol. The molecule has 7 rings (SSSR count). The highest BCUT2D eigenvalue weighted by molar-refractivity contribution is 6.34. The van der Waals surface area contributed by atoms with Crippen molar-refractivity contribution >= 4 is 28.2 Å². The van der Waals surface area contributed by atoms with Gasteiger partial charge in [0.05, 0.1) is 53.1 Å². The lowest BCUT2D eigenvalue weighted by molar-refractivity contribution is -0.133. The smallest absolute Gasteiger partial charge is 0.103 e. The summed E-state index contributed by atoms with van der Waals surface area (Å²) in [6.07, 6.45) is 10.2. The number of hydrogen-bond acceptors (Lipinski definition) is 4. The van der Waals surface area contributed by atoms with Crippen molar-refractivity contribution in [1.82, 2.24) is 19.6 Å².